The summed E-state index contributed by atoms with van der Waals surface area (Å²) in [5.74, 6) is 1.83. The highest BCUT2D eigenvalue weighted by Crippen LogP contribution is 2.46. The van der Waals surface area contributed by atoms with Crippen LogP contribution in [0.1, 0.15) is 16.8 Å². The normalized spacial score (nSPS) is 20.6. The Morgan fingerprint density at radius 1 is 1.19 bits per heavy atom. The molecule has 1 amide bonds. The van der Waals surface area contributed by atoms with E-state index >= 15 is 0 Å². The first kappa shape index (κ1) is 16.6. The third-order valence-electron chi connectivity index (χ3n) is 5.19. The van der Waals surface area contributed by atoms with Crippen LogP contribution in [0.25, 0.3) is 10.9 Å². The third-order valence-corrected chi connectivity index (χ3v) is 6.77. The predicted octanol–water partition coefficient (Wildman–Crippen LogP) is 3.41. The number of para-hydroxylation sites is 1. The van der Waals surface area contributed by atoms with Crippen molar-refractivity contribution in [1.82, 2.24) is 14.9 Å². The molecule has 1 atom stereocenters. The maximum absolute atomic E-state index is 12.8. The standard InChI is InChI=1S/C21H19N3O2S/c25-20(16-8-15-4-1-2-6-19(15)23-10-16)24-13-21(14-24)9-18(12-27-21)26-17-5-3-7-22-11-17/h1-8,10-11,18H,9,12-14H2/t18-/m0/s1. The van der Waals surface area contributed by atoms with Crippen molar-refractivity contribution in [1.29, 1.82) is 0 Å². The lowest BCUT2D eigenvalue weighted by atomic mass is 9.92. The highest BCUT2D eigenvalue weighted by molar-refractivity contribution is 8.01. The fourth-order valence-electron chi connectivity index (χ4n) is 3.87. The molecule has 2 saturated heterocycles. The molecular formula is C21H19N3O2S. The van der Waals surface area contributed by atoms with Crippen LogP contribution in [-0.2, 0) is 0 Å². The predicted molar refractivity (Wildman–Crippen MR) is 106 cm³/mol. The second-order valence-electron chi connectivity index (χ2n) is 7.20. The molecule has 0 bridgehead atoms. The monoisotopic (exact) mass is 377 g/mol. The maximum Gasteiger partial charge on any atom is 0.255 e. The van der Waals surface area contributed by atoms with Crippen LogP contribution in [0.15, 0.2) is 61.1 Å². The van der Waals surface area contributed by atoms with Gasteiger partial charge in [-0.1, -0.05) is 18.2 Å². The van der Waals surface area contributed by atoms with Crippen molar-refractivity contribution in [2.45, 2.75) is 17.3 Å². The summed E-state index contributed by atoms with van der Waals surface area (Å²) in [5, 5.41) is 0.999. The quantitative estimate of drug-likeness (QED) is 0.700. The van der Waals surface area contributed by atoms with E-state index in [9.17, 15) is 4.79 Å². The molecule has 3 aromatic rings. The van der Waals surface area contributed by atoms with Gasteiger partial charge in [0, 0.05) is 43.0 Å². The number of ether oxygens (including phenoxy) is 1. The van der Waals surface area contributed by atoms with Gasteiger partial charge < -0.3 is 9.64 Å². The molecule has 0 saturated carbocycles. The lowest BCUT2D eigenvalue weighted by Gasteiger charge is -2.47. The van der Waals surface area contributed by atoms with Crippen LogP contribution in [0.5, 0.6) is 5.75 Å². The number of aromatic nitrogens is 2. The van der Waals surface area contributed by atoms with Gasteiger partial charge in [-0.2, -0.15) is 0 Å². The zero-order valence-electron chi connectivity index (χ0n) is 14.7. The van der Waals surface area contributed by atoms with E-state index < -0.39 is 0 Å². The Hall–Kier alpha value is -2.60. The zero-order valence-corrected chi connectivity index (χ0v) is 15.6. The number of benzene rings is 1. The topological polar surface area (TPSA) is 55.3 Å². The van der Waals surface area contributed by atoms with Gasteiger partial charge in [0.15, 0.2) is 0 Å². The van der Waals surface area contributed by atoms with Crippen LogP contribution in [0.4, 0.5) is 0 Å². The van der Waals surface area contributed by atoms with Crippen molar-refractivity contribution in [3.05, 3.63) is 66.6 Å². The molecule has 2 aliphatic heterocycles. The average molecular weight is 377 g/mol. The largest absolute Gasteiger partial charge is 0.488 e. The molecule has 6 heteroatoms. The van der Waals surface area contributed by atoms with E-state index in [-0.39, 0.29) is 16.8 Å². The van der Waals surface area contributed by atoms with Crippen molar-refractivity contribution < 1.29 is 9.53 Å². The van der Waals surface area contributed by atoms with E-state index in [0.717, 1.165) is 41.9 Å². The Balaban J connectivity index is 1.23. The molecule has 2 fully saturated rings. The van der Waals surface area contributed by atoms with Gasteiger partial charge >= 0.3 is 0 Å². The highest BCUT2D eigenvalue weighted by Gasteiger charge is 2.51. The molecule has 2 aliphatic rings. The first-order valence-corrected chi connectivity index (χ1v) is 10.0. The number of carbonyl (C=O) groups is 1. The van der Waals surface area contributed by atoms with Gasteiger partial charge in [-0.05, 0) is 24.3 Å². The molecule has 0 radical (unpaired) electrons. The van der Waals surface area contributed by atoms with E-state index in [1.54, 1.807) is 18.6 Å². The molecule has 2 aromatic heterocycles. The lowest BCUT2D eigenvalue weighted by Crippen LogP contribution is -2.60. The summed E-state index contributed by atoms with van der Waals surface area (Å²) >= 11 is 1.92. The molecule has 27 heavy (non-hydrogen) atoms. The third kappa shape index (κ3) is 3.14. The zero-order chi connectivity index (χ0) is 18.3. The van der Waals surface area contributed by atoms with Crippen molar-refractivity contribution in [3.8, 4) is 5.75 Å². The molecule has 0 N–H and O–H groups in total. The molecule has 136 valence electrons. The second-order valence-corrected chi connectivity index (χ2v) is 8.69. The maximum atomic E-state index is 12.8. The fourth-order valence-corrected chi connectivity index (χ4v) is 5.39. The Labute approximate surface area is 161 Å². The van der Waals surface area contributed by atoms with Gasteiger partial charge in [-0.25, -0.2) is 0 Å². The Bertz CT molecular complexity index is 989. The number of nitrogens with zero attached hydrogens (tertiary/aromatic N) is 3. The number of amides is 1. The SMILES string of the molecule is O=C(c1cnc2ccccc2c1)N1CC2(C[C@H](Oc3cccnc3)CS2)C1. The van der Waals surface area contributed by atoms with Gasteiger partial charge in [-0.15, -0.1) is 11.8 Å². The average Bonchev–Trinajstić information content (AvgIpc) is 3.11. The number of fused-ring (bicyclic) bond motifs is 1. The molecule has 1 spiro atoms. The molecule has 1 aromatic carbocycles. The minimum absolute atomic E-state index is 0.0658. The summed E-state index contributed by atoms with van der Waals surface area (Å²) in [4.78, 5) is 23.3. The van der Waals surface area contributed by atoms with Crippen molar-refractivity contribution in [2.24, 2.45) is 0 Å². The van der Waals surface area contributed by atoms with Gasteiger partial charge in [0.1, 0.15) is 11.9 Å². The lowest BCUT2D eigenvalue weighted by molar-refractivity contribution is 0.0517. The number of hydrogen-bond acceptors (Lipinski definition) is 5. The van der Waals surface area contributed by atoms with E-state index in [2.05, 4.69) is 9.97 Å². The van der Waals surface area contributed by atoms with E-state index in [1.165, 1.54) is 0 Å². The summed E-state index contributed by atoms with van der Waals surface area (Å²) in [6, 6.07) is 13.6. The number of hydrogen-bond donors (Lipinski definition) is 0. The number of likely N-dealkylation sites (tertiary alicyclic amines) is 1. The van der Waals surface area contributed by atoms with Crippen LogP contribution >= 0.6 is 11.8 Å². The Kier molecular flexibility index (Phi) is 4.01. The van der Waals surface area contributed by atoms with Crippen LogP contribution in [0.2, 0.25) is 0 Å². The summed E-state index contributed by atoms with van der Waals surface area (Å²) < 4.78 is 6.17. The van der Waals surface area contributed by atoms with Crippen LogP contribution in [0, 0.1) is 0 Å². The molecular weight excluding hydrogens is 358 g/mol. The number of rotatable bonds is 3. The summed E-state index contributed by atoms with van der Waals surface area (Å²) in [6.45, 7) is 1.55. The fraction of sp³-hybridized carbons (Fsp3) is 0.286. The Morgan fingerprint density at radius 2 is 2.07 bits per heavy atom. The smallest absolute Gasteiger partial charge is 0.255 e. The molecule has 4 heterocycles. The van der Waals surface area contributed by atoms with Gasteiger partial charge in [-0.3, -0.25) is 14.8 Å². The van der Waals surface area contributed by atoms with Crippen molar-refractivity contribution in [3.63, 3.8) is 0 Å². The van der Waals surface area contributed by atoms with Crippen LogP contribution < -0.4 is 4.74 Å². The number of carbonyl (C=O) groups excluding carboxylic acids is 1. The molecule has 0 aliphatic carbocycles. The van der Waals surface area contributed by atoms with Gasteiger partial charge in [0.25, 0.3) is 5.91 Å². The highest BCUT2D eigenvalue weighted by atomic mass is 32.2. The molecule has 5 rings (SSSR count). The minimum atomic E-state index is 0.0658. The first-order chi connectivity index (χ1) is 13.2. The van der Waals surface area contributed by atoms with E-state index in [4.69, 9.17) is 4.74 Å². The Morgan fingerprint density at radius 3 is 2.93 bits per heavy atom. The second kappa shape index (κ2) is 6.53. The van der Waals surface area contributed by atoms with Crippen molar-refractivity contribution >= 4 is 28.6 Å². The van der Waals surface area contributed by atoms with Gasteiger partial charge in [0.05, 0.1) is 22.0 Å². The van der Waals surface area contributed by atoms with Gasteiger partial charge in [0.2, 0.25) is 0 Å². The summed E-state index contributed by atoms with van der Waals surface area (Å²) in [6.07, 6.45) is 6.32. The summed E-state index contributed by atoms with van der Waals surface area (Å²) in [5.41, 5.74) is 1.57. The first-order valence-electron chi connectivity index (χ1n) is 9.06. The van der Waals surface area contributed by atoms with E-state index in [1.807, 2.05) is 59.1 Å². The van der Waals surface area contributed by atoms with Crippen LogP contribution in [0.3, 0.4) is 0 Å². The molecule has 0 unspecified atom stereocenters. The van der Waals surface area contributed by atoms with Crippen molar-refractivity contribution in [2.75, 3.05) is 18.8 Å². The van der Waals surface area contributed by atoms with E-state index in [0.29, 0.717) is 5.56 Å². The minimum Gasteiger partial charge on any atom is -0.488 e. The number of thioether (sulfide) groups is 1. The number of pyridine rings is 2. The molecule has 5 nitrogen and oxygen atoms in total. The van der Waals surface area contributed by atoms with Crippen LogP contribution in [-0.4, -0.2) is 50.5 Å². The summed E-state index contributed by atoms with van der Waals surface area (Å²) in [7, 11) is 0.